The van der Waals surface area contributed by atoms with Gasteiger partial charge in [-0.25, -0.2) is 4.79 Å². The van der Waals surface area contributed by atoms with Crippen LogP contribution in [0.2, 0.25) is 0 Å². The number of hydrogen-bond donors (Lipinski definition) is 2. The molecule has 0 bridgehead atoms. The molecule has 0 unspecified atom stereocenters. The lowest BCUT2D eigenvalue weighted by Gasteiger charge is -2.23. The molecule has 8 heteroatoms. The van der Waals surface area contributed by atoms with Gasteiger partial charge in [0.05, 0.1) is 11.6 Å². The van der Waals surface area contributed by atoms with Gasteiger partial charge in [-0.1, -0.05) is 30.3 Å². The first-order valence-electron chi connectivity index (χ1n) is 10.2. The lowest BCUT2D eigenvalue weighted by molar-refractivity contribution is -0.145. The first-order valence-corrected chi connectivity index (χ1v) is 10.2. The van der Waals surface area contributed by atoms with Crippen LogP contribution in [0.15, 0.2) is 54.6 Å². The fourth-order valence-electron chi connectivity index (χ4n) is 2.65. The average molecular weight is 437 g/mol. The Hall–Kier alpha value is -3.86. The number of carbonyl (C=O) groups excluding carboxylic acids is 3. The molecule has 0 saturated carbocycles. The Balaban J connectivity index is 1.98. The Morgan fingerprint density at radius 1 is 1.03 bits per heavy atom. The summed E-state index contributed by atoms with van der Waals surface area (Å²) in [6.07, 6.45) is -0.821. The van der Waals surface area contributed by atoms with Gasteiger partial charge >= 0.3 is 12.1 Å². The molecule has 8 nitrogen and oxygen atoms in total. The normalized spacial score (nSPS) is 11.6. The molecule has 1 atom stereocenters. The molecule has 0 aliphatic rings. The molecular weight excluding hydrogens is 410 g/mol. The lowest BCUT2D eigenvalue weighted by Crippen LogP contribution is -2.46. The number of anilines is 1. The van der Waals surface area contributed by atoms with E-state index in [1.165, 1.54) is 0 Å². The van der Waals surface area contributed by atoms with Crippen molar-refractivity contribution in [3.8, 4) is 6.07 Å². The van der Waals surface area contributed by atoms with Gasteiger partial charge in [0.1, 0.15) is 18.2 Å². The van der Waals surface area contributed by atoms with Gasteiger partial charge < -0.3 is 20.1 Å². The third kappa shape index (κ3) is 8.88. The molecule has 2 aromatic carbocycles. The Morgan fingerprint density at radius 2 is 1.69 bits per heavy atom. The van der Waals surface area contributed by atoms with Crippen molar-refractivity contribution in [3.63, 3.8) is 0 Å². The van der Waals surface area contributed by atoms with Crippen LogP contribution in [0, 0.1) is 11.3 Å². The number of hydrogen-bond acceptors (Lipinski definition) is 6. The quantitative estimate of drug-likeness (QED) is 0.605. The van der Waals surface area contributed by atoms with Crippen LogP contribution in [0.5, 0.6) is 0 Å². The predicted molar refractivity (Wildman–Crippen MR) is 118 cm³/mol. The number of nitrogens with zero attached hydrogens (tertiary/aromatic N) is 1. The van der Waals surface area contributed by atoms with Gasteiger partial charge in [-0.2, -0.15) is 5.26 Å². The van der Waals surface area contributed by atoms with Crippen LogP contribution in [0.4, 0.5) is 10.5 Å². The fraction of sp³-hybridized carbons (Fsp3) is 0.333. The summed E-state index contributed by atoms with van der Waals surface area (Å²) in [4.78, 5) is 37.1. The minimum atomic E-state index is -1.02. The lowest BCUT2D eigenvalue weighted by atomic mass is 10.1. The number of benzene rings is 2. The van der Waals surface area contributed by atoms with Crippen LogP contribution in [0.1, 0.15) is 44.7 Å². The summed E-state index contributed by atoms with van der Waals surface area (Å²) < 4.78 is 10.5. The summed E-state index contributed by atoms with van der Waals surface area (Å²) in [5.41, 5.74) is 1.01. The van der Waals surface area contributed by atoms with Crippen molar-refractivity contribution in [3.05, 3.63) is 65.7 Å². The molecule has 0 fully saturated rings. The fourth-order valence-corrected chi connectivity index (χ4v) is 2.65. The summed E-state index contributed by atoms with van der Waals surface area (Å²) in [5, 5.41) is 14.1. The van der Waals surface area contributed by atoms with Crippen molar-refractivity contribution < 1.29 is 23.9 Å². The molecule has 168 valence electrons. The number of ether oxygens (including phenoxy) is 2. The highest BCUT2D eigenvalue weighted by Gasteiger charge is 2.25. The second-order valence-electron chi connectivity index (χ2n) is 8.06. The van der Waals surface area contributed by atoms with Crippen molar-refractivity contribution in [2.45, 2.75) is 51.9 Å². The summed E-state index contributed by atoms with van der Waals surface area (Å²) in [6, 6.07) is 16.5. The number of esters is 1. The summed E-state index contributed by atoms with van der Waals surface area (Å²) >= 11 is 0. The topological polar surface area (TPSA) is 118 Å². The van der Waals surface area contributed by atoms with Crippen LogP contribution in [0.3, 0.4) is 0 Å². The van der Waals surface area contributed by atoms with E-state index in [4.69, 9.17) is 14.7 Å². The molecular formula is C24H27N3O5. The highest BCUT2D eigenvalue weighted by atomic mass is 16.6. The zero-order chi connectivity index (χ0) is 23.6. The number of amides is 2. The number of alkyl carbamates (subject to hydrolysis) is 1. The molecule has 2 amide bonds. The Bertz CT molecular complexity index is 960. The van der Waals surface area contributed by atoms with Gasteiger partial charge in [0.15, 0.2) is 0 Å². The van der Waals surface area contributed by atoms with Crippen molar-refractivity contribution >= 4 is 23.7 Å². The maximum Gasteiger partial charge on any atom is 0.408 e. The second kappa shape index (κ2) is 11.5. The molecule has 0 aromatic heterocycles. The molecule has 0 aliphatic heterocycles. The Kier molecular flexibility index (Phi) is 8.78. The average Bonchev–Trinajstić information content (AvgIpc) is 2.75. The molecule has 2 N–H and O–H groups in total. The maximum absolute atomic E-state index is 12.8. The molecule has 2 rings (SSSR count). The smallest absolute Gasteiger partial charge is 0.408 e. The number of nitrogens with one attached hydrogen (secondary N) is 2. The van der Waals surface area contributed by atoms with E-state index in [1.54, 1.807) is 45.0 Å². The van der Waals surface area contributed by atoms with E-state index < -0.39 is 29.6 Å². The minimum Gasteiger partial charge on any atom is -0.461 e. The van der Waals surface area contributed by atoms with Gasteiger partial charge in [0.25, 0.3) is 0 Å². The van der Waals surface area contributed by atoms with Crippen molar-refractivity contribution in [2.75, 3.05) is 5.32 Å². The third-order valence-corrected chi connectivity index (χ3v) is 4.17. The zero-order valence-corrected chi connectivity index (χ0v) is 18.4. The van der Waals surface area contributed by atoms with Crippen LogP contribution < -0.4 is 10.6 Å². The van der Waals surface area contributed by atoms with Crippen LogP contribution in [0.25, 0.3) is 0 Å². The predicted octanol–water partition coefficient (Wildman–Crippen LogP) is 3.91. The van der Waals surface area contributed by atoms with E-state index in [0.717, 1.165) is 5.56 Å². The van der Waals surface area contributed by atoms with Gasteiger partial charge in [-0.3, -0.25) is 9.59 Å². The first-order chi connectivity index (χ1) is 15.2. The molecule has 0 aliphatic carbocycles. The Labute approximate surface area is 187 Å². The summed E-state index contributed by atoms with van der Waals surface area (Å²) in [5.74, 6) is -1.01. The monoisotopic (exact) mass is 437 g/mol. The van der Waals surface area contributed by atoms with Gasteiger partial charge in [0.2, 0.25) is 5.91 Å². The summed E-state index contributed by atoms with van der Waals surface area (Å²) in [6.45, 7) is 5.25. The zero-order valence-electron chi connectivity index (χ0n) is 18.4. The minimum absolute atomic E-state index is 0.0228. The first kappa shape index (κ1) is 24.4. The van der Waals surface area contributed by atoms with Crippen molar-refractivity contribution in [2.24, 2.45) is 0 Å². The SMILES string of the molecule is CC(C)(C)OC(=O)N[C@@H](CCC(=O)OCc1ccccc1)C(=O)Nc1ccc(C#N)cc1. The standard InChI is InChI=1S/C24H27N3O5/c1-24(2,3)32-23(30)27-20(22(29)26-19-11-9-17(15-25)10-12-19)13-14-21(28)31-16-18-7-5-4-6-8-18/h4-12,20H,13-14,16H2,1-3H3,(H,26,29)(H,27,30)/t20-/m0/s1. The van der Waals surface area contributed by atoms with E-state index in [-0.39, 0.29) is 19.4 Å². The van der Waals surface area contributed by atoms with E-state index in [1.807, 2.05) is 36.4 Å². The number of rotatable bonds is 8. The highest BCUT2D eigenvalue weighted by Crippen LogP contribution is 2.12. The molecule has 0 heterocycles. The van der Waals surface area contributed by atoms with E-state index in [2.05, 4.69) is 10.6 Å². The third-order valence-electron chi connectivity index (χ3n) is 4.17. The molecule has 0 radical (unpaired) electrons. The highest BCUT2D eigenvalue weighted by molar-refractivity contribution is 5.96. The van der Waals surface area contributed by atoms with Crippen LogP contribution in [-0.4, -0.2) is 29.6 Å². The van der Waals surface area contributed by atoms with Gasteiger partial charge in [-0.05, 0) is 57.0 Å². The number of carbonyl (C=O) groups is 3. The van der Waals surface area contributed by atoms with Gasteiger partial charge in [0, 0.05) is 12.1 Å². The largest absolute Gasteiger partial charge is 0.461 e. The van der Waals surface area contributed by atoms with E-state index in [0.29, 0.717) is 11.3 Å². The molecule has 0 saturated heterocycles. The molecule has 32 heavy (non-hydrogen) atoms. The number of nitriles is 1. The maximum atomic E-state index is 12.8. The van der Waals surface area contributed by atoms with E-state index in [9.17, 15) is 14.4 Å². The molecule has 2 aromatic rings. The van der Waals surface area contributed by atoms with E-state index >= 15 is 0 Å². The van der Waals surface area contributed by atoms with Crippen molar-refractivity contribution in [1.82, 2.24) is 5.32 Å². The van der Waals surface area contributed by atoms with Gasteiger partial charge in [-0.15, -0.1) is 0 Å². The summed E-state index contributed by atoms with van der Waals surface area (Å²) in [7, 11) is 0. The van der Waals surface area contributed by atoms with Crippen LogP contribution in [-0.2, 0) is 25.7 Å². The second-order valence-corrected chi connectivity index (χ2v) is 8.06. The molecule has 0 spiro atoms. The van der Waals surface area contributed by atoms with Crippen LogP contribution >= 0.6 is 0 Å². The van der Waals surface area contributed by atoms with Crippen molar-refractivity contribution in [1.29, 1.82) is 5.26 Å². The Morgan fingerprint density at radius 3 is 2.28 bits per heavy atom.